The average Bonchev–Trinajstić information content (AvgIpc) is 3.36. The lowest BCUT2D eigenvalue weighted by molar-refractivity contribution is -0.118. The first-order valence-electron chi connectivity index (χ1n) is 12.4. The second-order valence-electron chi connectivity index (χ2n) is 10.3. The largest absolute Gasteiger partial charge is 0.356 e. The number of rotatable bonds is 5. The van der Waals surface area contributed by atoms with E-state index in [1.54, 1.807) is 25.1 Å². The molecule has 2 aromatic rings. The van der Waals surface area contributed by atoms with Crippen LogP contribution in [0.1, 0.15) is 34.2 Å². The van der Waals surface area contributed by atoms with Gasteiger partial charge in [-0.15, -0.1) is 0 Å². The predicted octanol–water partition coefficient (Wildman–Crippen LogP) is 3.47. The molecule has 1 amide bonds. The van der Waals surface area contributed by atoms with Crippen LogP contribution < -0.4 is 15.2 Å². The van der Waals surface area contributed by atoms with Gasteiger partial charge in [0.25, 0.3) is 11.8 Å². The lowest BCUT2D eigenvalue weighted by atomic mass is 10.2. The van der Waals surface area contributed by atoms with Gasteiger partial charge in [-0.25, -0.2) is 33.0 Å². The Morgan fingerprint density at radius 1 is 0.868 bits per heavy atom. The van der Waals surface area contributed by atoms with Gasteiger partial charge in [-0.2, -0.15) is 5.10 Å². The van der Waals surface area contributed by atoms with E-state index in [9.17, 15) is 27.2 Å². The molecular weight excluding hydrogens is 504 g/mol. The van der Waals surface area contributed by atoms with Crippen molar-refractivity contribution in [3.63, 3.8) is 0 Å². The minimum Gasteiger partial charge on any atom is -0.356 e. The number of hydrogen-bond donors (Lipinski definition) is 1. The molecule has 4 fully saturated rings. The van der Waals surface area contributed by atoms with Crippen LogP contribution in [0.5, 0.6) is 0 Å². The minimum atomic E-state index is -2.48. The molecule has 4 heterocycles. The van der Waals surface area contributed by atoms with Crippen molar-refractivity contribution < 1.29 is 27.2 Å². The molecule has 0 radical (unpaired) electrons. The van der Waals surface area contributed by atoms with E-state index in [4.69, 9.17) is 0 Å². The lowest BCUT2D eigenvalue weighted by Crippen LogP contribution is -2.28. The maximum Gasteiger partial charge on any atom is 0.258 e. The highest BCUT2D eigenvalue weighted by Gasteiger charge is 2.72. The number of aldehydes is 1. The Kier molecular flexibility index (Phi) is 6.39. The maximum atomic E-state index is 13.2. The highest BCUT2D eigenvalue weighted by molar-refractivity contribution is 5.83. The van der Waals surface area contributed by atoms with E-state index in [0.29, 0.717) is 49.1 Å². The Hall–Kier alpha value is -3.57. The van der Waals surface area contributed by atoms with Crippen molar-refractivity contribution in [1.29, 1.82) is 0 Å². The second-order valence-corrected chi connectivity index (χ2v) is 10.3. The SMILES string of the molecule is CC(=O)N/N=C/c1ccc(N2CC3C(C2)C3(F)F)nc1C.Cc1nc(N2CC3C(C2)C3(F)F)ccc1C=O. The molecule has 0 spiro atoms. The Morgan fingerprint density at radius 2 is 1.29 bits per heavy atom. The number of fused-ring (bicyclic) bond motifs is 2. The van der Waals surface area contributed by atoms with Crippen LogP contribution in [0.2, 0.25) is 0 Å². The molecule has 2 saturated carbocycles. The number of carbonyl (C=O) groups is 2. The third-order valence-electron chi connectivity index (χ3n) is 7.82. The van der Waals surface area contributed by atoms with Crippen molar-refractivity contribution in [2.24, 2.45) is 28.8 Å². The fraction of sp³-hybridized carbons (Fsp3) is 0.500. The number of hydrazone groups is 1. The summed E-state index contributed by atoms with van der Waals surface area (Å²) in [6.45, 7) is 6.41. The number of halogens is 4. The summed E-state index contributed by atoms with van der Waals surface area (Å²) in [6, 6.07) is 7.03. The van der Waals surface area contributed by atoms with E-state index in [-0.39, 0.29) is 5.91 Å². The smallest absolute Gasteiger partial charge is 0.258 e. The van der Waals surface area contributed by atoms with Gasteiger partial charge in [-0.3, -0.25) is 9.59 Å². The molecule has 8 nitrogen and oxygen atoms in total. The van der Waals surface area contributed by atoms with Crippen LogP contribution in [0.3, 0.4) is 0 Å². The Labute approximate surface area is 217 Å². The molecule has 12 heteroatoms. The van der Waals surface area contributed by atoms with Crippen LogP contribution in [-0.2, 0) is 4.79 Å². The first-order chi connectivity index (χ1) is 17.9. The van der Waals surface area contributed by atoms with E-state index in [0.717, 1.165) is 17.5 Å². The third kappa shape index (κ3) is 4.71. The standard InChI is InChI=1S/C14H16F2N4O.C12H12F2N2O/c1-8-10(5-17-19-9(2)21)3-4-13(18-8)20-6-11-12(7-20)14(11,15)16;1-7-8(6-17)2-3-11(15-7)16-4-9-10(5-16)12(9,13)14/h3-5,11-12H,6-7H2,1-2H3,(H,19,21);2-3,6,9-10H,4-5H2,1H3/b17-5+;. The number of hydrogen-bond acceptors (Lipinski definition) is 7. The number of aryl methyl sites for hydroxylation is 2. The molecule has 2 saturated heterocycles. The maximum absolute atomic E-state index is 13.2. The van der Waals surface area contributed by atoms with E-state index >= 15 is 0 Å². The summed E-state index contributed by atoms with van der Waals surface area (Å²) >= 11 is 0. The normalized spacial score (nSPS) is 27.3. The minimum absolute atomic E-state index is 0.245. The molecule has 38 heavy (non-hydrogen) atoms. The Bertz CT molecular complexity index is 1270. The van der Waals surface area contributed by atoms with Crippen molar-refractivity contribution >= 4 is 30.0 Å². The van der Waals surface area contributed by atoms with E-state index in [1.807, 2.05) is 22.8 Å². The number of alkyl halides is 4. The van der Waals surface area contributed by atoms with Crippen LogP contribution in [0, 0.1) is 37.5 Å². The number of amides is 1. The fourth-order valence-electron chi connectivity index (χ4n) is 5.31. The third-order valence-corrected chi connectivity index (χ3v) is 7.82. The molecule has 4 aliphatic rings. The number of aromatic nitrogens is 2. The summed E-state index contributed by atoms with van der Waals surface area (Å²) in [7, 11) is 0. The quantitative estimate of drug-likeness (QED) is 0.275. The number of carbonyl (C=O) groups excluding carboxylic acids is 2. The molecule has 2 aliphatic carbocycles. The van der Waals surface area contributed by atoms with Gasteiger partial charge in [0.15, 0.2) is 6.29 Å². The van der Waals surface area contributed by atoms with Gasteiger partial charge in [-0.05, 0) is 38.1 Å². The molecule has 0 bridgehead atoms. The first kappa shape index (κ1) is 26.1. The van der Waals surface area contributed by atoms with Gasteiger partial charge in [0.1, 0.15) is 11.6 Å². The van der Waals surface area contributed by atoms with Crippen molar-refractivity contribution in [2.75, 3.05) is 36.0 Å². The van der Waals surface area contributed by atoms with Gasteiger partial charge in [0, 0.05) is 49.9 Å². The molecule has 202 valence electrons. The van der Waals surface area contributed by atoms with Crippen LogP contribution in [0.15, 0.2) is 29.4 Å². The molecule has 6 rings (SSSR count). The summed E-state index contributed by atoms with van der Waals surface area (Å²) in [4.78, 5) is 33.9. The number of nitrogens with one attached hydrogen (secondary N) is 1. The summed E-state index contributed by atoms with van der Waals surface area (Å²) in [5.74, 6) is -5.81. The first-order valence-corrected chi connectivity index (χ1v) is 12.4. The molecule has 4 unspecified atom stereocenters. The highest BCUT2D eigenvalue weighted by atomic mass is 19.3. The molecule has 1 N–H and O–H groups in total. The molecular formula is C26H28F4N6O2. The summed E-state index contributed by atoms with van der Waals surface area (Å²) in [6.07, 6.45) is 2.27. The van der Waals surface area contributed by atoms with Crippen molar-refractivity contribution in [1.82, 2.24) is 15.4 Å². The monoisotopic (exact) mass is 532 g/mol. The molecule has 2 aliphatic heterocycles. The summed E-state index contributed by atoms with van der Waals surface area (Å²) in [5, 5.41) is 3.79. The molecule has 4 atom stereocenters. The number of piperidine rings is 2. The van der Waals surface area contributed by atoms with Crippen LogP contribution in [0.4, 0.5) is 29.2 Å². The molecule has 2 aromatic heterocycles. The van der Waals surface area contributed by atoms with Crippen molar-refractivity contribution in [3.8, 4) is 0 Å². The van der Waals surface area contributed by atoms with Gasteiger partial charge < -0.3 is 9.80 Å². The average molecular weight is 533 g/mol. The van der Waals surface area contributed by atoms with E-state index < -0.39 is 35.5 Å². The predicted molar refractivity (Wildman–Crippen MR) is 133 cm³/mol. The van der Waals surface area contributed by atoms with Crippen LogP contribution in [-0.4, -0.2) is 66.4 Å². The Balaban J connectivity index is 0.000000158. The lowest BCUT2D eigenvalue weighted by Gasteiger charge is -2.21. The van der Waals surface area contributed by atoms with Crippen molar-refractivity contribution in [3.05, 3.63) is 46.8 Å². The zero-order chi connectivity index (χ0) is 27.4. The zero-order valence-electron chi connectivity index (χ0n) is 21.2. The van der Waals surface area contributed by atoms with E-state index in [2.05, 4.69) is 20.5 Å². The zero-order valence-corrected chi connectivity index (χ0v) is 21.2. The van der Waals surface area contributed by atoms with Crippen LogP contribution in [0.25, 0.3) is 0 Å². The summed E-state index contributed by atoms with van der Waals surface area (Å²) in [5.41, 5.74) is 5.03. The topological polar surface area (TPSA) is 90.8 Å². The number of nitrogens with zero attached hydrogens (tertiary/aromatic N) is 5. The fourth-order valence-corrected chi connectivity index (χ4v) is 5.31. The van der Waals surface area contributed by atoms with Gasteiger partial charge in [0.05, 0.1) is 35.6 Å². The van der Waals surface area contributed by atoms with Gasteiger partial charge in [-0.1, -0.05) is 0 Å². The molecule has 0 aromatic carbocycles. The summed E-state index contributed by atoms with van der Waals surface area (Å²) < 4.78 is 52.4. The van der Waals surface area contributed by atoms with Crippen molar-refractivity contribution in [2.45, 2.75) is 32.6 Å². The van der Waals surface area contributed by atoms with E-state index in [1.165, 1.54) is 13.1 Å². The Morgan fingerprint density at radius 3 is 1.66 bits per heavy atom. The van der Waals surface area contributed by atoms with Gasteiger partial charge in [0.2, 0.25) is 5.91 Å². The van der Waals surface area contributed by atoms with Gasteiger partial charge >= 0.3 is 0 Å². The number of pyridine rings is 2. The van der Waals surface area contributed by atoms with Crippen LogP contribution >= 0.6 is 0 Å². The number of anilines is 2. The highest BCUT2D eigenvalue weighted by Crippen LogP contribution is 2.60. The second kappa shape index (κ2) is 9.32.